The molecule has 110 valence electrons. The lowest BCUT2D eigenvalue weighted by atomic mass is 9.82. The number of thiophene rings is 1. The Bertz CT molecular complexity index is 663. The van der Waals surface area contributed by atoms with E-state index in [9.17, 15) is 0 Å². The van der Waals surface area contributed by atoms with E-state index in [1.807, 2.05) is 23.5 Å². The van der Waals surface area contributed by atoms with Crippen molar-refractivity contribution in [1.29, 1.82) is 0 Å². The first-order valence-corrected chi connectivity index (χ1v) is 9.14. The maximum atomic E-state index is 6.20. The molecule has 1 saturated carbocycles. The smallest absolute Gasteiger partial charge is 0.0595 e. The standard InChI is InChI=1S/C17H17Cl2NS/c18-14-5-1-10(9-15(14)19)12-4-6-16(20-11-2-3-11)13-7-8-21-17(12)13/h1,5,7-9,11-12,16,20H,2-4,6H2. The molecule has 0 saturated heterocycles. The minimum atomic E-state index is 0.465. The van der Waals surface area contributed by atoms with Gasteiger partial charge in [0.1, 0.15) is 0 Å². The van der Waals surface area contributed by atoms with Gasteiger partial charge in [-0.15, -0.1) is 11.3 Å². The minimum absolute atomic E-state index is 0.465. The van der Waals surface area contributed by atoms with E-state index in [-0.39, 0.29) is 0 Å². The van der Waals surface area contributed by atoms with Gasteiger partial charge in [0.15, 0.2) is 0 Å². The number of rotatable bonds is 3. The Hall–Kier alpha value is -0.540. The lowest BCUT2D eigenvalue weighted by Gasteiger charge is -2.30. The molecule has 4 rings (SSSR count). The second-order valence-electron chi connectivity index (χ2n) is 6.04. The van der Waals surface area contributed by atoms with Gasteiger partial charge in [-0.1, -0.05) is 29.3 Å². The highest BCUT2D eigenvalue weighted by molar-refractivity contribution is 7.10. The fourth-order valence-electron chi connectivity index (χ4n) is 3.28. The zero-order chi connectivity index (χ0) is 14.4. The molecule has 1 nitrogen and oxygen atoms in total. The van der Waals surface area contributed by atoms with Crippen molar-refractivity contribution in [3.63, 3.8) is 0 Å². The van der Waals surface area contributed by atoms with E-state index in [0.29, 0.717) is 22.0 Å². The summed E-state index contributed by atoms with van der Waals surface area (Å²) in [5, 5.41) is 7.30. The van der Waals surface area contributed by atoms with E-state index in [1.165, 1.54) is 41.7 Å². The third-order valence-corrected chi connectivity index (χ3v) is 6.31. The summed E-state index contributed by atoms with van der Waals surface area (Å²) in [6.07, 6.45) is 5.05. The van der Waals surface area contributed by atoms with Crippen LogP contribution in [0.5, 0.6) is 0 Å². The number of hydrogen-bond donors (Lipinski definition) is 1. The number of fused-ring (bicyclic) bond motifs is 1. The molecule has 4 heteroatoms. The van der Waals surface area contributed by atoms with Crippen molar-refractivity contribution in [3.05, 3.63) is 55.7 Å². The predicted molar refractivity (Wildman–Crippen MR) is 90.8 cm³/mol. The van der Waals surface area contributed by atoms with Crippen LogP contribution >= 0.6 is 34.5 Å². The van der Waals surface area contributed by atoms with Gasteiger partial charge in [0.2, 0.25) is 0 Å². The Kier molecular flexibility index (Phi) is 3.74. The lowest BCUT2D eigenvalue weighted by molar-refractivity contribution is 0.443. The van der Waals surface area contributed by atoms with E-state index in [2.05, 4.69) is 22.8 Å². The molecule has 21 heavy (non-hydrogen) atoms. The summed E-state index contributed by atoms with van der Waals surface area (Å²) in [6.45, 7) is 0. The van der Waals surface area contributed by atoms with Crippen LogP contribution < -0.4 is 5.32 Å². The van der Waals surface area contributed by atoms with E-state index >= 15 is 0 Å². The summed E-state index contributed by atoms with van der Waals surface area (Å²) >= 11 is 14.1. The number of benzene rings is 1. The van der Waals surface area contributed by atoms with Crippen molar-refractivity contribution in [2.75, 3.05) is 0 Å². The summed E-state index contributed by atoms with van der Waals surface area (Å²) in [5.74, 6) is 0.465. The maximum Gasteiger partial charge on any atom is 0.0595 e. The van der Waals surface area contributed by atoms with E-state index in [0.717, 1.165) is 6.04 Å². The van der Waals surface area contributed by atoms with E-state index in [4.69, 9.17) is 23.2 Å². The first kappa shape index (κ1) is 14.1. The van der Waals surface area contributed by atoms with Gasteiger partial charge < -0.3 is 5.32 Å². The van der Waals surface area contributed by atoms with Gasteiger partial charge in [-0.05, 0) is 60.4 Å². The van der Waals surface area contributed by atoms with Crippen LogP contribution in [0, 0.1) is 0 Å². The van der Waals surface area contributed by atoms with Crippen molar-refractivity contribution >= 4 is 34.5 Å². The summed E-state index contributed by atoms with van der Waals surface area (Å²) in [7, 11) is 0. The van der Waals surface area contributed by atoms with Gasteiger partial charge in [0.25, 0.3) is 0 Å². The SMILES string of the molecule is Clc1ccc(C2CCC(NC3CC3)c3ccsc32)cc1Cl. The van der Waals surface area contributed by atoms with Crippen molar-refractivity contribution < 1.29 is 0 Å². The Morgan fingerprint density at radius 2 is 1.86 bits per heavy atom. The molecule has 0 aliphatic heterocycles. The fourth-order valence-corrected chi connectivity index (χ4v) is 4.71. The van der Waals surface area contributed by atoms with Crippen molar-refractivity contribution in [2.45, 2.75) is 43.7 Å². The Morgan fingerprint density at radius 1 is 1.00 bits per heavy atom. The quantitative estimate of drug-likeness (QED) is 0.749. The molecule has 0 radical (unpaired) electrons. The number of nitrogens with one attached hydrogen (secondary N) is 1. The third kappa shape index (κ3) is 2.75. The molecule has 2 aromatic rings. The van der Waals surface area contributed by atoms with Crippen LogP contribution in [0.3, 0.4) is 0 Å². The highest BCUT2D eigenvalue weighted by atomic mass is 35.5. The Morgan fingerprint density at radius 3 is 2.62 bits per heavy atom. The zero-order valence-electron chi connectivity index (χ0n) is 11.6. The topological polar surface area (TPSA) is 12.0 Å². The molecule has 1 N–H and O–H groups in total. The number of halogens is 2. The first-order chi connectivity index (χ1) is 10.2. The van der Waals surface area contributed by atoms with Gasteiger partial charge in [0, 0.05) is 22.9 Å². The molecule has 1 aromatic carbocycles. The highest BCUT2D eigenvalue weighted by Crippen LogP contribution is 2.45. The van der Waals surface area contributed by atoms with Crippen LogP contribution in [-0.2, 0) is 0 Å². The average molecular weight is 338 g/mol. The minimum Gasteiger partial charge on any atom is -0.307 e. The summed E-state index contributed by atoms with van der Waals surface area (Å²) in [4.78, 5) is 1.50. The normalized spacial score (nSPS) is 24.9. The van der Waals surface area contributed by atoms with E-state index in [1.54, 1.807) is 0 Å². The van der Waals surface area contributed by atoms with Crippen LogP contribution in [0.1, 0.15) is 53.6 Å². The van der Waals surface area contributed by atoms with Gasteiger partial charge in [-0.25, -0.2) is 0 Å². The molecule has 1 aromatic heterocycles. The molecule has 2 unspecified atom stereocenters. The maximum absolute atomic E-state index is 6.20. The summed E-state index contributed by atoms with van der Waals surface area (Å²) in [6, 6.07) is 9.66. The molecule has 0 amide bonds. The van der Waals surface area contributed by atoms with Gasteiger partial charge in [0.05, 0.1) is 10.0 Å². The van der Waals surface area contributed by atoms with Gasteiger partial charge in [-0.3, -0.25) is 0 Å². The molecular formula is C17H17Cl2NS. The largest absolute Gasteiger partial charge is 0.307 e. The predicted octanol–water partition coefficient (Wildman–Crippen LogP) is 5.77. The Labute approximate surface area is 139 Å². The lowest BCUT2D eigenvalue weighted by Crippen LogP contribution is -2.27. The molecule has 1 fully saturated rings. The zero-order valence-corrected chi connectivity index (χ0v) is 13.9. The Balaban J connectivity index is 1.66. The fraction of sp³-hybridized carbons (Fsp3) is 0.412. The molecule has 1 heterocycles. The summed E-state index contributed by atoms with van der Waals surface area (Å²) in [5.41, 5.74) is 2.78. The van der Waals surface area contributed by atoms with Crippen molar-refractivity contribution in [3.8, 4) is 0 Å². The van der Waals surface area contributed by atoms with Crippen LogP contribution in [0.4, 0.5) is 0 Å². The van der Waals surface area contributed by atoms with Gasteiger partial charge >= 0.3 is 0 Å². The molecule has 0 spiro atoms. The molecule has 2 atom stereocenters. The first-order valence-electron chi connectivity index (χ1n) is 7.50. The average Bonchev–Trinajstić information content (AvgIpc) is 3.15. The van der Waals surface area contributed by atoms with Crippen LogP contribution in [0.25, 0.3) is 0 Å². The monoisotopic (exact) mass is 337 g/mol. The van der Waals surface area contributed by atoms with Crippen molar-refractivity contribution in [1.82, 2.24) is 5.32 Å². The molecule has 2 aliphatic rings. The summed E-state index contributed by atoms with van der Waals surface area (Å²) < 4.78 is 0. The van der Waals surface area contributed by atoms with Crippen molar-refractivity contribution in [2.24, 2.45) is 0 Å². The molecular weight excluding hydrogens is 321 g/mol. The second-order valence-corrected chi connectivity index (χ2v) is 7.80. The molecule has 0 bridgehead atoms. The molecule has 2 aliphatic carbocycles. The van der Waals surface area contributed by atoms with Crippen LogP contribution in [0.2, 0.25) is 10.0 Å². The van der Waals surface area contributed by atoms with Crippen LogP contribution in [-0.4, -0.2) is 6.04 Å². The number of hydrogen-bond acceptors (Lipinski definition) is 2. The van der Waals surface area contributed by atoms with Crippen LogP contribution in [0.15, 0.2) is 29.6 Å². The highest BCUT2D eigenvalue weighted by Gasteiger charge is 2.33. The second kappa shape index (κ2) is 5.58. The van der Waals surface area contributed by atoms with Gasteiger partial charge in [-0.2, -0.15) is 0 Å². The third-order valence-electron chi connectivity index (χ3n) is 4.52. The van der Waals surface area contributed by atoms with E-state index < -0.39 is 0 Å².